The molecule has 0 unspecified atom stereocenters. The van der Waals surface area contributed by atoms with Gasteiger partial charge in [-0.25, -0.2) is 9.59 Å². The third-order valence-corrected chi connectivity index (χ3v) is 5.71. The second-order valence-electron chi connectivity index (χ2n) is 8.72. The normalized spacial score (nSPS) is 11.7. The van der Waals surface area contributed by atoms with Crippen LogP contribution in [0, 0.1) is 0 Å². The van der Waals surface area contributed by atoms with Gasteiger partial charge in [0.2, 0.25) is 0 Å². The maximum Gasteiger partial charge on any atom is 0.343 e. The van der Waals surface area contributed by atoms with Gasteiger partial charge >= 0.3 is 11.9 Å². The molecule has 7 heteroatoms. The highest BCUT2D eigenvalue weighted by Crippen LogP contribution is 2.20. The molecule has 0 saturated carbocycles. The lowest BCUT2D eigenvalue weighted by Crippen LogP contribution is -2.26. The molecule has 3 aromatic carbocycles. The highest BCUT2D eigenvalue weighted by molar-refractivity contribution is 5.96. The zero-order valence-corrected chi connectivity index (χ0v) is 22.7. The Morgan fingerprint density at radius 1 is 0.900 bits per heavy atom. The first-order valence-corrected chi connectivity index (χ1v) is 13.0. The van der Waals surface area contributed by atoms with Crippen molar-refractivity contribution in [3.05, 3.63) is 126 Å². The second kappa shape index (κ2) is 15.5. The van der Waals surface area contributed by atoms with Crippen LogP contribution < -0.4 is 14.8 Å². The van der Waals surface area contributed by atoms with Crippen LogP contribution in [-0.4, -0.2) is 31.1 Å². The van der Waals surface area contributed by atoms with Gasteiger partial charge in [0, 0.05) is 11.6 Å². The first-order chi connectivity index (χ1) is 19.4. The Balaban J connectivity index is 1.51. The monoisotopic (exact) mass is 539 g/mol. The molecule has 1 atom stereocenters. The van der Waals surface area contributed by atoms with Crippen LogP contribution in [0.25, 0.3) is 6.08 Å². The van der Waals surface area contributed by atoms with Crippen molar-refractivity contribution in [3.63, 3.8) is 0 Å². The smallest absolute Gasteiger partial charge is 0.343 e. The summed E-state index contributed by atoms with van der Waals surface area (Å²) in [5.74, 6) is -0.437. The van der Waals surface area contributed by atoms with Gasteiger partial charge in [0.1, 0.15) is 24.7 Å². The molecule has 7 nitrogen and oxygen atoms in total. The van der Waals surface area contributed by atoms with Gasteiger partial charge in [0.05, 0.1) is 11.6 Å². The maximum atomic E-state index is 12.8. The quantitative estimate of drug-likeness (QED) is 0.0879. The Bertz CT molecular complexity index is 1360. The van der Waals surface area contributed by atoms with Crippen molar-refractivity contribution < 1.29 is 28.6 Å². The second-order valence-corrected chi connectivity index (χ2v) is 8.72. The van der Waals surface area contributed by atoms with E-state index in [4.69, 9.17) is 14.2 Å². The molecule has 0 heterocycles. The van der Waals surface area contributed by atoms with E-state index in [2.05, 4.69) is 24.9 Å². The minimum Gasteiger partial charge on any atom is -0.490 e. The van der Waals surface area contributed by atoms with Crippen molar-refractivity contribution in [1.29, 1.82) is 0 Å². The molecule has 3 aromatic rings. The molecule has 40 heavy (non-hydrogen) atoms. The van der Waals surface area contributed by atoms with Crippen LogP contribution in [0.5, 0.6) is 11.5 Å². The number of carbonyl (C=O) groups is 3. The van der Waals surface area contributed by atoms with E-state index in [0.717, 1.165) is 23.6 Å². The molecular weight excluding hydrogens is 506 g/mol. The highest BCUT2D eigenvalue weighted by atomic mass is 16.6. The summed E-state index contributed by atoms with van der Waals surface area (Å²) in [6.07, 6.45) is 10.2. The number of benzene rings is 3. The number of ether oxygens (including phenoxy) is 3. The SMILES string of the molecule is C=CC(=O)OCCOc1ccc(OC(=O)c2ccc(C(=O)N[C@@H](C)c3cccc(/C=C\C=C/CC)c3)cc2)cc1. The molecule has 0 aliphatic rings. The number of esters is 2. The summed E-state index contributed by atoms with van der Waals surface area (Å²) in [6.45, 7) is 7.61. The van der Waals surface area contributed by atoms with Crippen molar-refractivity contribution in [1.82, 2.24) is 5.32 Å². The molecular formula is C33H33NO6. The first kappa shape index (κ1) is 29.6. The molecule has 0 fully saturated rings. The molecule has 0 bridgehead atoms. The number of carbonyl (C=O) groups excluding carboxylic acids is 3. The van der Waals surface area contributed by atoms with Gasteiger partial charge in [0.25, 0.3) is 5.91 Å². The Morgan fingerprint density at radius 2 is 1.60 bits per heavy atom. The van der Waals surface area contributed by atoms with Crippen molar-refractivity contribution in [2.24, 2.45) is 0 Å². The Kier molecular flexibility index (Phi) is 11.5. The molecule has 0 aromatic heterocycles. The molecule has 3 rings (SSSR count). The van der Waals surface area contributed by atoms with E-state index in [1.165, 1.54) is 0 Å². The van der Waals surface area contributed by atoms with Gasteiger partial charge in [0.15, 0.2) is 0 Å². The number of amides is 1. The highest BCUT2D eigenvalue weighted by Gasteiger charge is 2.14. The van der Waals surface area contributed by atoms with Crippen LogP contribution in [-0.2, 0) is 9.53 Å². The topological polar surface area (TPSA) is 90.9 Å². The lowest BCUT2D eigenvalue weighted by molar-refractivity contribution is -0.138. The molecule has 1 amide bonds. The number of nitrogens with one attached hydrogen (secondary N) is 1. The summed E-state index contributed by atoms with van der Waals surface area (Å²) in [6, 6.07) is 20.6. The van der Waals surface area contributed by atoms with Gasteiger partial charge < -0.3 is 19.5 Å². The summed E-state index contributed by atoms with van der Waals surface area (Å²) >= 11 is 0. The molecule has 0 aliphatic carbocycles. The largest absolute Gasteiger partial charge is 0.490 e. The molecule has 0 spiro atoms. The van der Waals surface area contributed by atoms with Crippen LogP contribution in [0.1, 0.15) is 58.2 Å². The van der Waals surface area contributed by atoms with Crippen LogP contribution in [0.3, 0.4) is 0 Å². The standard InChI is InChI=1S/C33H33NO6/c1-4-6-7-8-10-25-11-9-12-28(23-25)24(3)34-32(36)26-13-15-27(16-14-26)33(37)40-30-19-17-29(18-20-30)38-21-22-39-31(35)5-2/h5-20,23-24H,2,4,21-22H2,1,3H3,(H,34,36)/b7-6-,10-8-/t24-/m0/s1. The lowest BCUT2D eigenvalue weighted by atomic mass is 10.0. The van der Waals surface area contributed by atoms with Crippen LogP contribution in [0.2, 0.25) is 0 Å². The van der Waals surface area contributed by atoms with E-state index in [0.29, 0.717) is 22.6 Å². The molecule has 1 N–H and O–H groups in total. The Morgan fingerprint density at radius 3 is 2.30 bits per heavy atom. The molecule has 0 aliphatic heterocycles. The molecule has 0 radical (unpaired) electrons. The van der Waals surface area contributed by atoms with Crippen LogP contribution in [0.15, 0.2) is 104 Å². The number of allylic oxidation sites excluding steroid dienone is 3. The zero-order valence-electron chi connectivity index (χ0n) is 22.7. The van der Waals surface area contributed by atoms with E-state index in [1.54, 1.807) is 48.5 Å². The number of hydrogen-bond donors (Lipinski definition) is 1. The van der Waals surface area contributed by atoms with E-state index >= 15 is 0 Å². The summed E-state index contributed by atoms with van der Waals surface area (Å²) in [5.41, 5.74) is 2.79. The predicted octanol–water partition coefficient (Wildman–Crippen LogP) is 6.48. The Hall–Kier alpha value is -4.91. The third kappa shape index (κ3) is 9.44. The number of hydrogen-bond acceptors (Lipinski definition) is 6. The van der Waals surface area contributed by atoms with Crippen LogP contribution >= 0.6 is 0 Å². The van der Waals surface area contributed by atoms with Gasteiger partial charge in [-0.05, 0) is 79.1 Å². The third-order valence-electron chi connectivity index (χ3n) is 5.71. The average molecular weight is 540 g/mol. The van der Waals surface area contributed by atoms with Crippen LogP contribution in [0.4, 0.5) is 0 Å². The first-order valence-electron chi connectivity index (χ1n) is 13.0. The van der Waals surface area contributed by atoms with E-state index in [-0.39, 0.29) is 25.2 Å². The predicted molar refractivity (Wildman–Crippen MR) is 155 cm³/mol. The van der Waals surface area contributed by atoms with E-state index in [1.807, 2.05) is 49.4 Å². The summed E-state index contributed by atoms with van der Waals surface area (Å²) in [5, 5.41) is 3.00. The van der Waals surface area contributed by atoms with Crippen molar-refractivity contribution >= 4 is 23.9 Å². The molecule has 0 saturated heterocycles. The summed E-state index contributed by atoms with van der Waals surface area (Å²) in [4.78, 5) is 36.4. The fourth-order valence-corrected chi connectivity index (χ4v) is 3.56. The minimum atomic E-state index is -0.552. The van der Waals surface area contributed by atoms with Gasteiger partial charge in [-0.2, -0.15) is 0 Å². The Labute approximate surface area is 234 Å². The fraction of sp³-hybridized carbons (Fsp3) is 0.182. The van der Waals surface area contributed by atoms with Crippen molar-refractivity contribution in [2.45, 2.75) is 26.3 Å². The maximum absolute atomic E-state index is 12.8. The van der Waals surface area contributed by atoms with Gasteiger partial charge in [-0.1, -0.05) is 56.0 Å². The van der Waals surface area contributed by atoms with E-state index < -0.39 is 11.9 Å². The summed E-state index contributed by atoms with van der Waals surface area (Å²) < 4.78 is 15.7. The number of rotatable bonds is 13. The average Bonchev–Trinajstić information content (AvgIpc) is 2.98. The summed E-state index contributed by atoms with van der Waals surface area (Å²) in [7, 11) is 0. The lowest BCUT2D eigenvalue weighted by Gasteiger charge is -2.15. The minimum absolute atomic E-state index is 0.0938. The van der Waals surface area contributed by atoms with Crippen molar-refractivity contribution in [2.75, 3.05) is 13.2 Å². The molecule has 206 valence electrons. The zero-order chi connectivity index (χ0) is 28.7. The van der Waals surface area contributed by atoms with Crippen molar-refractivity contribution in [3.8, 4) is 11.5 Å². The fourth-order valence-electron chi connectivity index (χ4n) is 3.56. The van der Waals surface area contributed by atoms with Gasteiger partial charge in [-0.3, -0.25) is 4.79 Å². The van der Waals surface area contributed by atoms with Gasteiger partial charge in [-0.15, -0.1) is 0 Å². The van der Waals surface area contributed by atoms with E-state index in [9.17, 15) is 14.4 Å².